The third kappa shape index (κ3) is 3.49. The average molecular weight is 313 g/mol. The second-order valence-electron chi connectivity index (χ2n) is 4.85. The molecule has 1 heterocycles. The molecule has 8 heteroatoms. The second-order valence-corrected chi connectivity index (χ2v) is 4.85. The van der Waals surface area contributed by atoms with Gasteiger partial charge in [0.25, 0.3) is 0 Å². The fourth-order valence-electron chi connectivity index (χ4n) is 2.05. The van der Waals surface area contributed by atoms with Crippen molar-refractivity contribution in [2.75, 3.05) is 11.9 Å². The summed E-state index contributed by atoms with van der Waals surface area (Å²) in [5, 5.41) is 2.44. The molecule has 0 unspecified atom stereocenters. The summed E-state index contributed by atoms with van der Waals surface area (Å²) in [4.78, 5) is 29.1. The smallest absolute Gasteiger partial charge is 0.384 e. The molecule has 0 bridgehead atoms. The zero-order valence-electron chi connectivity index (χ0n) is 11.8. The minimum atomic E-state index is -4.60. The lowest BCUT2D eigenvalue weighted by atomic mass is 10.1. The lowest BCUT2D eigenvalue weighted by Gasteiger charge is -2.15. The Balaban J connectivity index is 2.46. The second kappa shape index (κ2) is 6.25. The number of halogens is 3. The Labute approximate surface area is 124 Å². The van der Waals surface area contributed by atoms with Crippen molar-refractivity contribution >= 4 is 17.5 Å². The molecular weight excluding hydrogens is 299 g/mol. The van der Waals surface area contributed by atoms with Crippen molar-refractivity contribution in [1.29, 1.82) is 0 Å². The van der Waals surface area contributed by atoms with Gasteiger partial charge in [0.05, 0.1) is 16.3 Å². The minimum absolute atomic E-state index is 0.0319. The molecule has 0 fully saturated rings. The van der Waals surface area contributed by atoms with Gasteiger partial charge in [-0.2, -0.15) is 13.2 Å². The molecule has 1 aliphatic rings. The highest BCUT2D eigenvalue weighted by Crippen LogP contribution is 2.33. The number of rotatable bonds is 5. The molecule has 1 aliphatic heterocycles. The number of carbonyl (C=O) groups is 2. The van der Waals surface area contributed by atoms with Crippen molar-refractivity contribution in [3.8, 4) is 0 Å². The Bertz CT molecular complexity index is 726. The topological polar surface area (TPSA) is 70.9 Å². The van der Waals surface area contributed by atoms with Gasteiger partial charge in [-0.3, -0.25) is 9.59 Å². The molecule has 5 nitrogen and oxygen atoms in total. The third-order valence-electron chi connectivity index (χ3n) is 3.14. The van der Waals surface area contributed by atoms with Gasteiger partial charge in [0.1, 0.15) is 0 Å². The van der Waals surface area contributed by atoms with Crippen molar-refractivity contribution in [3.63, 3.8) is 0 Å². The molecule has 0 aromatic heterocycles. The standard InChI is InChI=1S/C14H14F3N3O2/c1-2-3-4-5-18-9-7-11-10(6-8(9)14(15,16)17)19-12(21)13(22)20-11/h6-7,18H,2-5H2,1H3. The van der Waals surface area contributed by atoms with Gasteiger partial charge < -0.3 is 5.32 Å². The Morgan fingerprint density at radius 2 is 1.64 bits per heavy atom. The highest BCUT2D eigenvalue weighted by Gasteiger charge is 2.34. The maximum absolute atomic E-state index is 13.1. The first-order valence-electron chi connectivity index (χ1n) is 6.83. The molecule has 2 amide bonds. The van der Waals surface area contributed by atoms with Crippen molar-refractivity contribution in [2.45, 2.75) is 32.4 Å². The summed E-state index contributed by atoms with van der Waals surface area (Å²) in [5.74, 6) is -2.24. The molecular formula is C14H14F3N3O2. The van der Waals surface area contributed by atoms with Crippen LogP contribution in [0.25, 0.3) is 0 Å². The fraction of sp³-hybridized carbons (Fsp3) is 0.429. The number of nitrogens with one attached hydrogen (secondary N) is 1. The van der Waals surface area contributed by atoms with Gasteiger partial charge in [-0.15, -0.1) is 0 Å². The van der Waals surface area contributed by atoms with Crippen LogP contribution in [0.2, 0.25) is 0 Å². The number of hydrogen-bond acceptors (Lipinski definition) is 3. The number of alkyl halides is 3. The van der Waals surface area contributed by atoms with E-state index in [0.717, 1.165) is 31.4 Å². The van der Waals surface area contributed by atoms with E-state index in [0.29, 0.717) is 6.54 Å². The fourth-order valence-corrected chi connectivity index (χ4v) is 2.05. The number of anilines is 1. The minimum Gasteiger partial charge on any atom is -0.384 e. The van der Waals surface area contributed by atoms with E-state index in [4.69, 9.17) is 0 Å². The van der Waals surface area contributed by atoms with Gasteiger partial charge in [0.15, 0.2) is 0 Å². The monoisotopic (exact) mass is 313 g/mol. The van der Waals surface area contributed by atoms with Gasteiger partial charge >= 0.3 is 18.0 Å². The molecule has 0 radical (unpaired) electrons. The quantitative estimate of drug-likeness (QED) is 0.663. The predicted octanol–water partition coefficient (Wildman–Crippen LogP) is 1.61. The molecule has 22 heavy (non-hydrogen) atoms. The van der Waals surface area contributed by atoms with Crippen molar-refractivity contribution in [1.82, 2.24) is 0 Å². The molecule has 118 valence electrons. The highest BCUT2D eigenvalue weighted by molar-refractivity contribution is 6.36. The van der Waals surface area contributed by atoms with Crippen LogP contribution in [0.4, 0.5) is 18.9 Å². The lowest BCUT2D eigenvalue weighted by Crippen LogP contribution is -2.36. The summed E-state index contributed by atoms with van der Waals surface area (Å²) in [6.07, 6.45) is -2.03. The summed E-state index contributed by atoms with van der Waals surface area (Å²) < 4.78 is 39.3. The van der Waals surface area contributed by atoms with E-state index in [-0.39, 0.29) is 16.4 Å². The number of fused-ring (bicyclic) bond motifs is 1. The molecule has 1 aromatic carbocycles. The summed E-state index contributed by atoms with van der Waals surface area (Å²) in [7, 11) is 0. The molecule has 0 aliphatic carbocycles. The van der Waals surface area contributed by atoms with Gasteiger partial charge in [0.2, 0.25) is 0 Å². The van der Waals surface area contributed by atoms with E-state index in [1.165, 1.54) is 0 Å². The first-order chi connectivity index (χ1) is 10.3. The maximum atomic E-state index is 13.1. The van der Waals surface area contributed by atoms with Crippen molar-refractivity contribution in [3.05, 3.63) is 28.4 Å². The van der Waals surface area contributed by atoms with E-state index in [1.807, 2.05) is 6.92 Å². The van der Waals surface area contributed by atoms with Crippen LogP contribution in [0.3, 0.4) is 0 Å². The van der Waals surface area contributed by atoms with E-state index in [9.17, 15) is 22.8 Å². The number of hydrogen-bond donors (Lipinski definition) is 1. The van der Waals surface area contributed by atoms with Crippen LogP contribution in [0.1, 0.15) is 31.7 Å². The van der Waals surface area contributed by atoms with E-state index < -0.39 is 23.6 Å². The predicted molar refractivity (Wildman–Crippen MR) is 71.8 cm³/mol. The third-order valence-corrected chi connectivity index (χ3v) is 3.14. The SMILES string of the molecule is CCCCCNc1cc2c(cc1C(F)(F)F)=NC(=O)C(=O)N=2. The molecule has 2 rings (SSSR count). The van der Waals surface area contributed by atoms with Crippen molar-refractivity contribution < 1.29 is 22.8 Å². The molecule has 1 N–H and O–H groups in total. The van der Waals surface area contributed by atoms with Gasteiger partial charge in [-0.1, -0.05) is 19.8 Å². The Kier molecular flexibility index (Phi) is 4.58. The maximum Gasteiger partial charge on any atom is 0.418 e. The molecule has 0 atom stereocenters. The Morgan fingerprint density at radius 3 is 2.18 bits per heavy atom. The number of carbonyl (C=O) groups excluding carboxylic acids is 2. The van der Waals surface area contributed by atoms with Gasteiger partial charge in [-0.05, 0) is 18.6 Å². The average Bonchev–Trinajstić information content (AvgIpc) is 2.43. The summed E-state index contributed by atoms with van der Waals surface area (Å²) in [6.45, 7) is 2.36. The number of unbranched alkanes of at least 4 members (excludes halogenated alkanes) is 2. The van der Waals surface area contributed by atoms with Gasteiger partial charge in [-0.25, -0.2) is 9.98 Å². The Morgan fingerprint density at radius 1 is 1.05 bits per heavy atom. The van der Waals surface area contributed by atoms with Gasteiger partial charge in [0, 0.05) is 12.2 Å². The lowest BCUT2D eigenvalue weighted by molar-refractivity contribution is -0.137. The molecule has 0 saturated carbocycles. The van der Waals surface area contributed by atoms with E-state index >= 15 is 0 Å². The van der Waals surface area contributed by atoms with E-state index in [1.54, 1.807) is 0 Å². The van der Waals surface area contributed by atoms with Crippen LogP contribution in [0.5, 0.6) is 0 Å². The largest absolute Gasteiger partial charge is 0.418 e. The Hall–Kier alpha value is -2.25. The van der Waals surface area contributed by atoms with Crippen LogP contribution >= 0.6 is 0 Å². The van der Waals surface area contributed by atoms with E-state index in [2.05, 4.69) is 15.3 Å². The van der Waals surface area contributed by atoms with Crippen LogP contribution in [-0.4, -0.2) is 18.4 Å². The normalized spacial score (nSPS) is 14.2. The first-order valence-corrected chi connectivity index (χ1v) is 6.83. The van der Waals surface area contributed by atoms with Crippen LogP contribution in [-0.2, 0) is 15.8 Å². The first kappa shape index (κ1) is 16.1. The summed E-state index contributed by atoms with van der Waals surface area (Å²) in [5.41, 5.74) is -1.09. The zero-order valence-corrected chi connectivity index (χ0v) is 11.8. The molecule has 0 spiro atoms. The van der Waals surface area contributed by atoms with Crippen LogP contribution < -0.4 is 16.0 Å². The van der Waals surface area contributed by atoms with Crippen LogP contribution in [0, 0.1) is 0 Å². The summed E-state index contributed by atoms with van der Waals surface area (Å²) in [6, 6.07) is 1.85. The highest BCUT2D eigenvalue weighted by atomic mass is 19.4. The number of benzene rings is 1. The molecule has 0 saturated heterocycles. The van der Waals surface area contributed by atoms with Crippen LogP contribution in [0.15, 0.2) is 22.1 Å². The molecule has 1 aromatic rings. The zero-order chi connectivity index (χ0) is 16.3. The number of amides is 2. The summed E-state index contributed by atoms with van der Waals surface area (Å²) >= 11 is 0. The number of nitrogens with zero attached hydrogens (tertiary/aromatic N) is 2. The van der Waals surface area contributed by atoms with Crippen molar-refractivity contribution in [2.24, 2.45) is 9.98 Å².